The highest BCUT2D eigenvalue weighted by Crippen LogP contribution is 2.16. The van der Waals surface area contributed by atoms with Crippen molar-refractivity contribution in [1.29, 1.82) is 0 Å². The van der Waals surface area contributed by atoms with E-state index in [1.807, 2.05) is 54.6 Å². The van der Waals surface area contributed by atoms with Crippen LogP contribution in [-0.4, -0.2) is 17.5 Å². The summed E-state index contributed by atoms with van der Waals surface area (Å²) in [4.78, 5) is 0. The number of oxime groups is 1. The van der Waals surface area contributed by atoms with E-state index in [0.717, 1.165) is 16.9 Å². The molecule has 0 bridgehead atoms. The van der Waals surface area contributed by atoms with Crippen LogP contribution < -0.4 is 4.74 Å². The van der Waals surface area contributed by atoms with E-state index in [9.17, 15) is 5.21 Å². The molecular weight excluding hydrogens is 250 g/mol. The van der Waals surface area contributed by atoms with Crippen LogP contribution in [0, 0.1) is 5.92 Å². The number of hydrogen-bond donors (Lipinski definition) is 1. The average Bonchev–Trinajstić information content (AvgIpc) is 2.48. The molecule has 0 aromatic heterocycles. The van der Waals surface area contributed by atoms with Gasteiger partial charge in [-0.1, -0.05) is 49.3 Å². The monoisotopic (exact) mass is 269 g/mol. The summed E-state index contributed by atoms with van der Waals surface area (Å²) in [5, 5.41) is 12.6. The first kappa shape index (κ1) is 14.1. The molecule has 0 atom stereocenters. The summed E-state index contributed by atoms with van der Waals surface area (Å²) in [5.41, 5.74) is 2.29. The van der Waals surface area contributed by atoms with Gasteiger partial charge in [-0.15, -0.1) is 0 Å². The molecule has 0 fully saturated rings. The predicted octanol–water partition coefficient (Wildman–Crippen LogP) is 3.95. The van der Waals surface area contributed by atoms with Gasteiger partial charge in [0.1, 0.15) is 11.5 Å². The van der Waals surface area contributed by atoms with Crippen molar-refractivity contribution in [3.8, 4) is 5.75 Å². The molecule has 104 valence electrons. The summed E-state index contributed by atoms with van der Waals surface area (Å²) >= 11 is 0. The quantitative estimate of drug-likeness (QED) is 0.507. The van der Waals surface area contributed by atoms with Gasteiger partial charge in [0.05, 0.1) is 6.61 Å². The van der Waals surface area contributed by atoms with Gasteiger partial charge >= 0.3 is 0 Å². The van der Waals surface area contributed by atoms with Crippen molar-refractivity contribution in [1.82, 2.24) is 0 Å². The Bertz CT molecular complexity index is 559. The molecule has 2 aromatic rings. The molecule has 2 aromatic carbocycles. The molecule has 0 saturated heterocycles. The van der Waals surface area contributed by atoms with E-state index >= 15 is 0 Å². The van der Waals surface area contributed by atoms with E-state index in [-0.39, 0.29) is 0 Å². The van der Waals surface area contributed by atoms with Crippen LogP contribution in [0.4, 0.5) is 0 Å². The maximum Gasteiger partial charge on any atom is 0.119 e. The molecule has 2 rings (SSSR count). The minimum Gasteiger partial charge on any atom is -0.493 e. The van der Waals surface area contributed by atoms with Crippen LogP contribution in [0.2, 0.25) is 0 Å². The Hall–Kier alpha value is -2.29. The van der Waals surface area contributed by atoms with Crippen LogP contribution in [0.1, 0.15) is 25.0 Å². The van der Waals surface area contributed by atoms with E-state index in [2.05, 4.69) is 19.0 Å². The lowest BCUT2D eigenvalue weighted by Crippen LogP contribution is -2.06. The standard InChI is InChI=1S/C17H19NO2/c1-13(2)12-20-16-10-8-15(9-11-16)17(18-19)14-6-4-3-5-7-14/h3-11,13,19H,12H2,1-2H3. The van der Waals surface area contributed by atoms with E-state index in [1.165, 1.54) is 0 Å². The van der Waals surface area contributed by atoms with Crippen LogP contribution in [-0.2, 0) is 0 Å². The third-order valence-electron chi connectivity index (χ3n) is 2.86. The van der Waals surface area contributed by atoms with Crippen LogP contribution >= 0.6 is 0 Å². The van der Waals surface area contributed by atoms with E-state index in [0.29, 0.717) is 18.2 Å². The van der Waals surface area contributed by atoms with Crippen LogP contribution in [0.5, 0.6) is 5.75 Å². The summed E-state index contributed by atoms with van der Waals surface area (Å²) in [6.45, 7) is 4.92. The normalized spacial score (nSPS) is 11.7. The lowest BCUT2D eigenvalue weighted by Gasteiger charge is -2.10. The number of ether oxygens (including phenoxy) is 1. The fraction of sp³-hybridized carbons (Fsp3) is 0.235. The molecule has 0 heterocycles. The topological polar surface area (TPSA) is 41.8 Å². The van der Waals surface area contributed by atoms with E-state index < -0.39 is 0 Å². The van der Waals surface area contributed by atoms with Gasteiger partial charge in [-0.3, -0.25) is 0 Å². The molecule has 0 unspecified atom stereocenters. The molecule has 0 aliphatic heterocycles. The Balaban J connectivity index is 2.16. The van der Waals surface area contributed by atoms with Crippen molar-refractivity contribution >= 4 is 5.71 Å². The van der Waals surface area contributed by atoms with Crippen LogP contribution in [0.3, 0.4) is 0 Å². The molecule has 20 heavy (non-hydrogen) atoms. The van der Waals surface area contributed by atoms with Crippen LogP contribution in [0.15, 0.2) is 59.8 Å². The molecule has 1 N–H and O–H groups in total. The molecule has 0 radical (unpaired) electrons. The number of rotatable bonds is 5. The van der Waals surface area contributed by atoms with Gasteiger partial charge in [0.25, 0.3) is 0 Å². The summed E-state index contributed by atoms with van der Waals surface area (Å²) in [6, 6.07) is 17.2. The third kappa shape index (κ3) is 3.60. The van der Waals surface area contributed by atoms with Crippen molar-refractivity contribution in [2.75, 3.05) is 6.61 Å². The summed E-state index contributed by atoms with van der Waals surface area (Å²) in [7, 11) is 0. The highest BCUT2D eigenvalue weighted by molar-refractivity contribution is 6.12. The largest absolute Gasteiger partial charge is 0.493 e. The number of nitrogens with zero attached hydrogens (tertiary/aromatic N) is 1. The first-order chi connectivity index (χ1) is 9.70. The molecule has 0 amide bonds. The second-order valence-electron chi connectivity index (χ2n) is 5.04. The molecule has 0 spiro atoms. The first-order valence-electron chi connectivity index (χ1n) is 6.71. The van der Waals surface area contributed by atoms with Gasteiger partial charge < -0.3 is 9.94 Å². The molecular formula is C17H19NO2. The molecule has 0 aliphatic rings. The summed E-state index contributed by atoms with van der Waals surface area (Å²) in [5.74, 6) is 1.32. The average molecular weight is 269 g/mol. The van der Waals surface area contributed by atoms with Crippen molar-refractivity contribution in [2.24, 2.45) is 11.1 Å². The Morgan fingerprint density at radius 1 is 1.00 bits per heavy atom. The first-order valence-corrected chi connectivity index (χ1v) is 6.71. The van der Waals surface area contributed by atoms with Crippen molar-refractivity contribution in [3.05, 3.63) is 65.7 Å². The van der Waals surface area contributed by atoms with Crippen molar-refractivity contribution in [3.63, 3.8) is 0 Å². The SMILES string of the molecule is CC(C)COc1ccc(C(=NO)c2ccccc2)cc1. The third-order valence-corrected chi connectivity index (χ3v) is 2.86. The Morgan fingerprint density at radius 2 is 1.60 bits per heavy atom. The summed E-state index contributed by atoms with van der Waals surface area (Å²) < 4.78 is 5.64. The molecule has 0 saturated carbocycles. The van der Waals surface area contributed by atoms with Gasteiger partial charge in [0, 0.05) is 11.1 Å². The highest BCUT2D eigenvalue weighted by Gasteiger charge is 2.07. The van der Waals surface area contributed by atoms with E-state index in [4.69, 9.17) is 4.74 Å². The van der Waals surface area contributed by atoms with Gasteiger partial charge in [-0.25, -0.2) is 0 Å². The van der Waals surface area contributed by atoms with Gasteiger partial charge in [-0.05, 0) is 30.2 Å². The molecule has 0 aliphatic carbocycles. The fourth-order valence-electron chi connectivity index (χ4n) is 1.85. The van der Waals surface area contributed by atoms with Crippen molar-refractivity contribution < 1.29 is 9.94 Å². The Morgan fingerprint density at radius 3 is 2.15 bits per heavy atom. The maximum absolute atomic E-state index is 9.24. The molecule has 3 nitrogen and oxygen atoms in total. The fourth-order valence-corrected chi connectivity index (χ4v) is 1.85. The lowest BCUT2D eigenvalue weighted by atomic mass is 10.0. The Kier molecular flexibility index (Phi) is 4.77. The van der Waals surface area contributed by atoms with Gasteiger partial charge in [0.15, 0.2) is 0 Å². The van der Waals surface area contributed by atoms with Crippen molar-refractivity contribution in [2.45, 2.75) is 13.8 Å². The minimum absolute atomic E-state index is 0.494. The van der Waals surface area contributed by atoms with Gasteiger partial charge in [0.2, 0.25) is 0 Å². The minimum atomic E-state index is 0.494. The Labute approximate surface area is 119 Å². The highest BCUT2D eigenvalue weighted by atomic mass is 16.5. The number of hydrogen-bond acceptors (Lipinski definition) is 3. The predicted molar refractivity (Wildman–Crippen MR) is 80.6 cm³/mol. The summed E-state index contributed by atoms with van der Waals surface area (Å²) in [6.07, 6.45) is 0. The van der Waals surface area contributed by atoms with E-state index in [1.54, 1.807) is 0 Å². The van der Waals surface area contributed by atoms with Crippen LogP contribution in [0.25, 0.3) is 0 Å². The zero-order valence-electron chi connectivity index (χ0n) is 11.8. The maximum atomic E-state index is 9.24. The lowest BCUT2D eigenvalue weighted by molar-refractivity contribution is 0.271. The zero-order chi connectivity index (χ0) is 14.4. The number of benzene rings is 2. The smallest absolute Gasteiger partial charge is 0.119 e. The van der Waals surface area contributed by atoms with Gasteiger partial charge in [-0.2, -0.15) is 0 Å². The molecule has 3 heteroatoms. The second kappa shape index (κ2) is 6.75. The zero-order valence-corrected chi connectivity index (χ0v) is 11.8. The second-order valence-corrected chi connectivity index (χ2v) is 5.04.